The van der Waals surface area contributed by atoms with Gasteiger partial charge in [-0.1, -0.05) is 6.92 Å². The number of aliphatic hydroxyl groups is 1. The lowest BCUT2D eigenvalue weighted by Gasteiger charge is -2.18. The summed E-state index contributed by atoms with van der Waals surface area (Å²) in [5.74, 6) is 1.64. The number of nitrogens with zero attached hydrogens (tertiary/aromatic N) is 3. The monoisotopic (exact) mass is 292 g/mol. The third-order valence-corrected chi connectivity index (χ3v) is 4.74. The van der Waals surface area contributed by atoms with Crippen LogP contribution in [-0.2, 0) is 6.42 Å². The Labute approximate surface area is 122 Å². The van der Waals surface area contributed by atoms with Gasteiger partial charge in [0, 0.05) is 24.5 Å². The van der Waals surface area contributed by atoms with Crippen molar-refractivity contribution in [3.05, 3.63) is 10.9 Å². The van der Waals surface area contributed by atoms with E-state index in [1.165, 1.54) is 4.88 Å². The molecule has 0 aromatic carbocycles. The first-order chi connectivity index (χ1) is 9.71. The van der Waals surface area contributed by atoms with Crippen LogP contribution in [0.15, 0.2) is 6.07 Å². The molecule has 1 saturated heterocycles. The number of nitrogens with one attached hydrogen (secondary N) is 1. The molecule has 3 rings (SSSR count). The molecule has 5 nitrogen and oxygen atoms in total. The largest absolute Gasteiger partial charge is 0.391 e. The Morgan fingerprint density at radius 3 is 2.95 bits per heavy atom. The minimum absolute atomic E-state index is 0.244. The van der Waals surface area contributed by atoms with Crippen molar-refractivity contribution in [2.24, 2.45) is 0 Å². The van der Waals surface area contributed by atoms with Gasteiger partial charge in [-0.05, 0) is 25.8 Å². The van der Waals surface area contributed by atoms with E-state index in [0.717, 1.165) is 42.0 Å². The molecule has 0 saturated carbocycles. The maximum atomic E-state index is 9.76. The molecule has 20 heavy (non-hydrogen) atoms. The summed E-state index contributed by atoms with van der Waals surface area (Å²) in [6, 6.07) is 2.19. The van der Waals surface area contributed by atoms with Crippen molar-refractivity contribution >= 4 is 33.3 Å². The van der Waals surface area contributed by atoms with E-state index in [0.29, 0.717) is 12.5 Å². The third-order valence-electron chi connectivity index (χ3n) is 3.57. The normalized spacial score (nSPS) is 18.9. The minimum Gasteiger partial charge on any atom is -0.391 e. The Balaban J connectivity index is 2.08. The smallest absolute Gasteiger partial charge is 0.226 e. The maximum Gasteiger partial charge on any atom is 0.226 e. The molecule has 1 unspecified atom stereocenters. The SMILES string of the molecule is CCNc1nc(N2CCC(O)C2)c2cc(CC)sc2n1. The summed E-state index contributed by atoms with van der Waals surface area (Å²) < 4.78 is 0. The summed E-state index contributed by atoms with van der Waals surface area (Å²) >= 11 is 1.73. The molecule has 1 atom stereocenters. The zero-order valence-electron chi connectivity index (χ0n) is 11.9. The highest BCUT2D eigenvalue weighted by Gasteiger charge is 2.24. The lowest BCUT2D eigenvalue weighted by molar-refractivity contribution is 0.198. The zero-order valence-corrected chi connectivity index (χ0v) is 12.7. The number of fused-ring (bicyclic) bond motifs is 1. The Kier molecular flexibility index (Phi) is 3.76. The second-order valence-electron chi connectivity index (χ2n) is 5.07. The topological polar surface area (TPSA) is 61.3 Å². The molecule has 1 fully saturated rings. The van der Waals surface area contributed by atoms with E-state index in [9.17, 15) is 5.11 Å². The highest BCUT2D eigenvalue weighted by Crippen LogP contribution is 2.33. The van der Waals surface area contributed by atoms with Crippen molar-refractivity contribution in [2.45, 2.75) is 32.8 Å². The van der Waals surface area contributed by atoms with E-state index >= 15 is 0 Å². The average molecular weight is 292 g/mol. The molecule has 6 heteroatoms. The van der Waals surface area contributed by atoms with Crippen LogP contribution in [0.2, 0.25) is 0 Å². The first kappa shape index (κ1) is 13.6. The van der Waals surface area contributed by atoms with Gasteiger partial charge < -0.3 is 15.3 Å². The number of rotatable bonds is 4. The molecule has 2 aromatic rings. The van der Waals surface area contributed by atoms with Crippen LogP contribution in [0.25, 0.3) is 10.2 Å². The molecule has 2 N–H and O–H groups in total. The molecule has 108 valence electrons. The molecule has 0 spiro atoms. The number of β-amino-alcohol motifs (C(OH)–C–C–N with tert-alkyl or cyclic N) is 1. The minimum atomic E-state index is -0.244. The van der Waals surface area contributed by atoms with Crippen molar-refractivity contribution in [1.29, 1.82) is 0 Å². The molecule has 0 bridgehead atoms. The van der Waals surface area contributed by atoms with Gasteiger partial charge in [-0.3, -0.25) is 0 Å². The van der Waals surface area contributed by atoms with Crippen molar-refractivity contribution in [2.75, 3.05) is 29.9 Å². The van der Waals surface area contributed by atoms with E-state index in [2.05, 4.69) is 33.2 Å². The Morgan fingerprint density at radius 1 is 1.45 bits per heavy atom. The molecule has 0 amide bonds. The lowest BCUT2D eigenvalue weighted by atomic mass is 10.3. The van der Waals surface area contributed by atoms with Gasteiger partial charge in [0.05, 0.1) is 11.5 Å². The van der Waals surface area contributed by atoms with Crippen LogP contribution in [0.3, 0.4) is 0 Å². The number of hydrogen-bond acceptors (Lipinski definition) is 6. The first-order valence-electron chi connectivity index (χ1n) is 7.18. The molecular weight excluding hydrogens is 272 g/mol. The van der Waals surface area contributed by atoms with Gasteiger partial charge in [0.1, 0.15) is 10.6 Å². The van der Waals surface area contributed by atoms with E-state index in [1.54, 1.807) is 11.3 Å². The van der Waals surface area contributed by atoms with Gasteiger partial charge >= 0.3 is 0 Å². The molecule has 1 aliphatic rings. The fourth-order valence-electron chi connectivity index (χ4n) is 2.54. The highest BCUT2D eigenvalue weighted by molar-refractivity contribution is 7.18. The zero-order chi connectivity index (χ0) is 14.1. The quantitative estimate of drug-likeness (QED) is 0.905. The maximum absolute atomic E-state index is 9.76. The summed E-state index contributed by atoms with van der Waals surface area (Å²) in [6.07, 6.45) is 1.58. The molecule has 0 radical (unpaired) electrons. The number of aromatic nitrogens is 2. The predicted octanol–water partition coefficient (Wildman–Crippen LogP) is 2.26. The number of thiophene rings is 1. The Hall–Kier alpha value is -1.40. The standard InChI is InChI=1S/C14H20N4OS/c1-3-10-7-11-12(18-6-5-9(19)8-18)16-14(15-4-2)17-13(11)20-10/h7,9,19H,3-6,8H2,1-2H3,(H,15,16,17). The highest BCUT2D eigenvalue weighted by atomic mass is 32.1. The molecule has 3 heterocycles. The van der Waals surface area contributed by atoms with E-state index in [-0.39, 0.29) is 6.10 Å². The van der Waals surface area contributed by atoms with E-state index in [4.69, 9.17) is 0 Å². The van der Waals surface area contributed by atoms with Crippen LogP contribution < -0.4 is 10.2 Å². The van der Waals surface area contributed by atoms with Crippen LogP contribution >= 0.6 is 11.3 Å². The van der Waals surface area contributed by atoms with Gasteiger partial charge in [-0.15, -0.1) is 11.3 Å². The van der Waals surface area contributed by atoms with Gasteiger partial charge in [0.2, 0.25) is 5.95 Å². The van der Waals surface area contributed by atoms with Crippen molar-refractivity contribution < 1.29 is 5.11 Å². The van der Waals surface area contributed by atoms with Crippen LogP contribution in [0.1, 0.15) is 25.1 Å². The predicted molar refractivity (Wildman–Crippen MR) is 83.8 cm³/mol. The van der Waals surface area contributed by atoms with Crippen LogP contribution in [0, 0.1) is 0 Å². The summed E-state index contributed by atoms with van der Waals surface area (Å²) in [4.78, 5) is 13.8. The van der Waals surface area contributed by atoms with Gasteiger partial charge in [-0.25, -0.2) is 4.98 Å². The number of aryl methyl sites for hydroxylation is 1. The first-order valence-corrected chi connectivity index (χ1v) is 8.00. The number of anilines is 2. The molecule has 1 aliphatic heterocycles. The number of aliphatic hydroxyl groups excluding tert-OH is 1. The summed E-state index contributed by atoms with van der Waals surface area (Å²) in [6.45, 7) is 6.52. The summed E-state index contributed by atoms with van der Waals surface area (Å²) in [5, 5.41) is 14.1. The summed E-state index contributed by atoms with van der Waals surface area (Å²) in [5.41, 5.74) is 0. The van der Waals surface area contributed by atoms with Gasteiger partial charge in [0.25, 0.3) is 0 Å². The van der Waals surface area contributed by atoms with Crippen LogP contribution in [-0.4, -0.2) is 40.8 Å². The number of hydrogen-bond donors (Lipinski definition) is 2. The molecule has 0 aliphatic carbocycles. The van der Waals surface area contributed by atoms with Crippen molar-refractivity contribution in [1.82, 2.24) is 9.97 Å². The second kappa shape index (κ2) is 5.54. The van der Waals surface area contributed by atoms with Gasteiger partial charge in [0.15, 0.2) is 0 Å². The lowest BCUT2D eigenvalue weighted by Crippen LogP contribution is -2.23. The van der Waals surface area contributed by atoms with Crippen LogP contribution in [0.5, 0.6) is 0 Å². The third kappa shape index (κ3) is 2.45. The van der Waals surface area contributed by atoms with E-state index < -0.39 is 0 Å². The fraction of sp³-hybridized carbons (Fsp3) is 0.571. The van der Waals surface area contributed by atoms with Crippen molar-refractivity contribution in [3.8, 4) is 0 Å². The fourth-order valence-corrected chi connectivity index (χ4v) is 3.50. The van der Waals surface area contributed by atoms with Gasteiger partial charge in [-0.2, -0.15) is 4.98 Å². The second-order valence-corrected chi connectivity index (χ2v) is 6.19. The summed E-state index contributed by atoms with van der Waals surface area (Å²) in [7, 11) is 0. The van der Waals surface area contributed by atoms with E-state index in [1.807, 2.05) is 6.92 Å². The molecule has 2 aromatic heterocycles. The molecular formula is C14H20N4OS. The average Bonchev–Trinajstić information content (AvgIpc) is 3.04. The van der Waals surface area contributed by atoms with Crippen molar-refractivity contribution in [3.63, 3.8) is 0 Å². The Bertz CT molecular complexity index is 612. The Morgan fingerprint density at radius 2 is 2.30 bits per heavy atom. The van der Waals surface area contributed by atoms with Crippen LogP contribution in [0.4, 0.5) is 11.8 Å².